The molecule has 18 heavy (non-hydrogen) atoms. The highest BCUT2D eigenvalue weighted by atomic mass is 32.1. The molecule has 0 unspecified atom stereocenters. The van der Waals surface area contributed by atoms with Crippen molar-refractivity contribution in [3.05, 3.63) is 24.0 Å². The second kappa shape index (κ2) is 5.77. The van der Waals surface area contributed by atoms with Crippen LogP contribution in [-0.4, -0.2) is 29.5 Å². The number of hydrogen-bond donors (Lipinski definition) is 2. The molecule has 0 aliphatic heterocycles. The van der Waals surface area contributed by atoms with Crippen molar-refractivity contribution >= 4 is 23.1 Å². The standard InChI is InChI=1S/C12H17N3O2S/c1-12(2,11(13)18)7-15-10(16)8-4-5-14-6-9(8)17-3/h4-6H,7H2,1-3H3,(H2,13,18)(H,15,16). The summed E-state index contributed by atoms with van der Waals surface area (Å²) in [5, 5.41) is 2.78. The zero-order valence-electron chi connectivity index (χ0n) is 10.7. The molecule has 0 aliphatic rings. The predicted octanol–water partition coefficient (Wildman–Crippen LogP) is 1.13. The maximum atomic E-state index is 12.0. The van der Waals surface area contributed by atoms with Crippen LogP contribution in [0.15, 0.2) is 18.5 Å². The van der Waals surface area contributed by atoms with Crippen molar-refractivity contribution in [2.24, 2.45) is 11.1 Å². The lowest BCUT2D eigenvalue weighted by atomic mass is 9.93. The third kappa shape index (κ3) is 3.40. The maximum absolute atomic E-state index is 12.0. The van der Waals surface area contributed by atoms with Crippen LogP contribution in [0, 0.1) is 5.41 Å². The van der Waals surface area contributed by atoms with Crippen LogP contribution >= 0.6 is 12.2 Å². The van der Waals surface area contributed by atoms with Gasteiger partial charge in [0, 0.05) is 18.2 Å². The molecule has 0 fully saturated rings. The molecule has 1 heterocycles. The molecule has 0 bridgehead atoms. The fourth-order valence-corrected chi connectivity index (χ4v) is 1.29. The third-order valence-electron chi connectivity index (χ3n) is 2.61. The average Bonchev–Trinajstić information content (AvgIpc) is 2.35. The van der Waals surface area contributed by atoms with Crippen LogP contribution < -0.4 is 15.8 Å². The summed E-state index contributed by atoms with van der Waals surface area (Å²) in [5.74, 6) is 0.196. The Morgan fingerprint density at radius 3 is 2.83 bits per heavy atom. The summed E-state index contributed by atoms with van der Waals surface area (Å²) in [6.45, 7) is 4.12. The van der Waals surface area contributed by atoms with E-state index in [0.717, 1.165) is 0 Å². The van der Waals surface area contributed by atoms with Gasteiger partial charge in [-0.3, -0.25) is 9.78 Å². The number of nitrogens with zero attached hydrogens (tertiary/aromatic N) is 1. The van der Waals surface area contributed by atoms with Crippen LogP contribution in [0.25, 0.3) is 0 Å². The summed E-state index contributed by atoms with van der Waals surface area (Å²) in [6, 6.07) is 1.60. The maximum Gasteiger partial charge on any atom is 0.255 e. The Labute approximate surface area is 112 Å². The number of nitrogens with one attached hydrogen (secondary N) is 1. The normalized spacial score (nSPS) is 10.8. The Bertz CT molecular complexity index is 460. The average molecular weight is 267 g/mol. The van der Waals surface area contributed by atoms with Crippen LogP contribution in [0.1, 0.15) is 24.2 Å². The number of thiocarbonyl (C=S) groups is 1. The van der Waals surface area contributed by atoms with Gasteiger partial charge in [0.25, 0.3) is 5.91 Å². The highest BCUT2D eigenvalue weighted by Crippen LogP contribution is 2.17. The van der Waals surface area contributed by atoms with Crippen molar-refractivity contribution in [3.8, 4) is 5.75 Å². The first-order valence-corrected chi connectivity index (χ1v) is 5.85. The summed E-state index contributed by atoms with van der Waals surface area (Å²) >= 11 is 4.94. The zero-order valence-corrected chi connectivity index (χ0v) is 11.5. The molecule has 1 rings (SSSR count). The summed E-state index contributed by atoms with van der Waals surface area (Å²) in [7, 11) is 1.49. The second-order valence-corrected chi connectivity index (χ2v) is 4.95. The van der Waals surface area contributed by atoms with Gasteiger partial charge in [0.1, 0.15) is 5.75 Å². The smallest absolute Gasteiger partial charge is 0.255 e. The second-order valence-electron chi connectivity index (χ2n) is 4.51. The number of nitrogens with two attached hydrogens (primary N) is 1. The van der Waals surface area contributed by atoms with E-state index < -0.39 is 5.41 Å². The predicted molar refractivity (Wildman–Crippen MR) is 73.7 cm³/mol. The molecule has 0 saturated heterocycles. The summed E-state index contributed by atoms with van der Waals surface area (Å²) in [5.41, 5.74) is 5.61. The number of pyridine rings is 1. The minimum absolute atomic E-state index is 0.237. The molecule has 1 aromatic rings. The molecule has 3 N–H and O–H groups in total. The molecule has 0 saturated carbocycles. The Hall–Kier alpha value is -1.69. The number of rotatable bonds is 5. The minimum Gasteiger partial charge on any atom is -0.494 e. The van der Waals surface area contributed by atoms with Gasteiger partial charge in [0.2, 0.25) is 0 Å². The molecule has 6 heteroatoms. The van der Waals surface area contributed by atoms with Gasteiger partial charge in [-0.25, -0.2) is 0 Å². The molecule has 0 atom stereocenters. The van der Waals surface area contributed by atoms with E-state index in [9.17, 15) is 4.79 Å². The number of methoxy groups -OCH3 is 1. The molecule has 0 radical (unpaired) electrons. The molecule has 5 nitrogen and oxygen atoms in total. The molecular formula is C12H17N3O2S. The van der Waals surface area contributed by atoms with E-state index in [-0.39, 0.29) is 5.91 Å². The van der Waals surface area contributed by atoms with E-state index in [1.54, 1.807) is 6.07 Å². The first-order chi connectivity index (χ1) is 8.38. The van der Waals surface area contributed by atoms with Gasteiger partial charge >= 0.3 is 0 Å². The Balaban J connectivity index is 2.75. The summed E-state index contributed by atoms with van der Waals surface area (Å²) in [4.78, 5) is 16.2. The molecule has 0 aromatic carbocycles. The third-order valence-corrected chi connectivity index (χ3v) is 3.16. The molecule has 1 aromatic heterocycles. The van der Waals surface area contributed by atoms with Crippen LogP contribution in [0.5, 0.6) is 5.75 Å². The van der Waals surface area contributed by atoms with Gasteiger partial charge in [-0.05, 0) is 6.07 Å². The number of amides is 1. The molecular weight excluding hydrogens is 250 g/mol. The fourth-order valence-electron chi connectivity index (χ4n) is 1.21. The zero-order chi connectivity index (χ0) is 13.8. The van der Waals surface area contributed by atoms with Gasteiger partial charge in [-0.2, -0.15) is 0 Å². The monoisotopic (exact) mass is 267 g/mol. The summed E-state index contributed by atoms with van der Waals surface area (Å²) < 4.78 is 5.07. The van der Waals surface area contributed by atoms with Gasteiger partial charge in [-0.15, -0.1) is 0 Å². The molecule has 0 aliphatic carbocycles. The van der Waals surface area contributed by atoms with Crippen LogP contribution in [-0.2, 0) is 0 Å². The number of carbonyl (C=O) groups is 1. The van der Waals surface area contributed by atoms with Gasteiger partial charge in [0.05, 0.1) is 23.9 Å². The van der Waals surface area contributed by atoms with E-state index in [4.69, 9.17) is 22.7 Å². The fraction of sp³-hybridized carbons (Fsp3) is 0.417. The lowest BCUT2D eigenvalue weighted by Crippen LogP contribution is -2.41. The van der Waals surface area contributed by atoms with E-state index in [0.29, 0.717) is 22.8 Å². The van der Waals surface area contributed by atoms with E-state index >= 15 is 0 Å². The number of ether oxygens (including phenoxy) is 1. The van der Waals surface area contributed by atoms with E-state index in [2.05, 4.69) is 10.3 Å². The highest BCUT2D eigenvalue weighted by Gasteiger charge is 2.23. The highest BCUT2D eigenvalue weighted by molar-refractivity contribution is 7.80. The number of carbonyl (C=O) groups excluding carboxylic acids is 1. The van der Waals surface area contributed by atoms with Crippen LogP contribution in [0.3, 0.4) is 0 Å². The number of hydrogen-bond acceptors (Lipinski definition) is 4. The topological polar surface area (TPSA) is 77.2 Å². The molecule has 98 valence electrons. The van der Waals surface area contributed by atoms with Gasteiger partial charge in [0.15, 0.2) is 0 Å². The molecule has 1 amide bonds. The SMILES string of the molecule is COc1cnccc1C(=O)NCC(C)(C)C(N)=S. The van der Waals surface area contributed by atoms with Crippen LogP contribution in [0.4, 0.5) is 0 Å². The Kier molecular flexibility index (Phi) is 4.61. The summed E-state index contributed by atoms with van der Waals surface area (Å²) in [6.07, 6.45) is 3.03. The quantitative estimate of drug-likeness (QED) is 0.782. The van der Waals surface area contributed by atoms with Crippen molar-refractivity contribution in [2.45, 2.75) is 13.8 Å². The van der Waals surface area contributed by atoms with Gasteiger partial charge in [-0.1, -0.05) is 26.1 Å². The van der Waals surface area contributed by atoms with Crippen molar-refractivity contribution in [3.63, 3.8) is 0 Å². The van der Waals surface area contributed by atoms with Crippen molar-refractivity contribution in [1.82, 2.24) is 10.3 Å². The number of aromatic nitrogens is 1. The lowest BCUT2D eigenvalue weighted by molar-refractivity contribution is 0.0942. The van der Waals surface area contributed by atoms with Crippen molar-refractivity contribution in [1.29, 1.82) is 0 Å². The first kappa shape index (κ1) is 14.4. The van der Waals surface area contributed by atoms with E-state index in [1.165, 1.54) is 19.5 Å². The molecule has 0 spiro atoms. The van der Waals surface area contributed by atoms with Crippen molar-refractivity contribution < 1.29 is 9.53 Å². The minimum atomic E-state index is -0.425. The Morgan fingerprint density at radius 2 is 2.28 bits per heavy atom. The van der Waals surface area contributed by atoms with E-state index in [1.807, 2.05) is 13.8 Å². The van der Waals surface area contributed by atoms with Gasteiger partial charge < -0.3 is 15.8 Å². The largest absolute Gasteiger partial charge is 0.494 e. The lowest BCUT2D eigenvalue weighted by Gasteiger charge is -2.23. The van der Waals surface area contributed by atoms with Crippen LogP contribution in [0.2, 0.25) is 0 Å². The first-order valence-electron chi connectivity index (χ1n) is 5.44. The van der Waals surface area contributed by atoms with Crippen molar-refractivity contribution in [2.75, 3.05) is 13.7 Å². The Morgan fingerprint density at radius 1 is 1.61 bits per heavy atom.